The third kappa shape index (κ3) is 3.51. The zero-order chi connectivity index (χ0) is 15.7. The molecule has 1 heterocycles. The number of fused-ring (bicyclic) bond motifs is 1. The van der Waals surface area contributed by atoms with Crippen LogP contribution in [-0.4, -0.2) is 27.0 Å². The summed E-state index contributed by atoms with van der Waals surface area (Å²) in [5.74, 6) is 0. The highest BCUT2D eigenvalue weighted by atomic mass is 79.9. The highest BCUT2D eigenvalue weighted by Crippen LogP contribution is 2.23. The number of rotatable bonds is 3. The Morgan fingerprint density at radius 3 is 2.68 bits per heavy atom. The fourth-order valence-corrected chi connectivity index (χ4v) is 4.59. The molecule has 0 amide bonds. The molecule has 0 bridgehead atoms. The number of hydrogen-bond acceptors (Lipinski definition) is 3. The quantitative estimate of drug-likeness (QED) is 0.857. The van der Waals surface area contributed by atoms with E-state index in [0.717, 1.165) is 34.6 Å². The fourth-order valence-electron chi connectivity index (χ4n) is 2.89. The lowest BCUT2D eigenvalue weighted by Gasteiger charge is -2.28. The summed E-state index contributed by atoms with van der Waals surface area (Å²) in [4.78, 5) is 0.327. The van der Waals surface area contributed by atoms with E-state index in [1.807, 2.05) is 24.3 Å². The molecule has 3 rings (SSSR count). The SMILES string of the molecule is CC1CC(NS(=O)(=O)c2ccc3cc(Br)ccc3c2)CCN1. The molecule has 118 valence electrons. The zero-order valence-corrected chi connectivity index (χ0v) is 14.7. The molecule has 0 aromatic heterocycles. The Labute approximate surface area is 139 Å². The van der Waals surface area contributed by atoms with Gasteiger partial charge in [-0.3, -0.25) is 0 Å². The normalized spacial score (nSPS) is 22.8. The van der Waals surface area contributed by atoms with Gasteiger partial charge in [0.25, 0.3) is 0 Å². The van der Waals surface area contributed by atoms with Crippen molar-refractivity contribution in [3.63, 3.8) is 0 Å². The van der Waals surface area contributed by atoms with E-state index in [9.17, 15) is 8.42 Å². The Bertz CT molecular complexity index is 792. The summed E-state index contributed by atoms with van der Waals surface area (Å²) >= 11 is 3.43. The molecule has 2 atom stereocenters. The van der Waals surface area contributed by atoms with Gasteiger partial charge in [-0.05, 0) is 61.3 Å². The van der Waals surface area contributed by atoms with Crippen molar-refractivity contribution >= 4 is 36.7 Å². The number of halogens is 1. The minimum atomic E-state index is -3.47. The smallest absolute Gasteiger partial charge is 0.240 e. The van der Waals surface area contributed by atoms with Gasteiger partial charge in [-0.15, -0.1) is 0 Å². The lowest BCUT2D eigenvalue weighted by molar-refractivity contribution is 0.361. The average molecular weight is 383 g/mol. The van der Waals surface area contributed by atoms with Crippen LogP contribution in [-0.2, 0) is 10.0 Å². The van der Waals surface area contributed by atoms with E-state index in [4.69, 9.17) is 0 Å². The van der Waals surface area contributed by atoms with Gasteiger partial charge in [0.2, 0.25) is 10.0 Å². The summed E-state index contributed by atoms with van der Waals surface area (Å²) in [6.07, 6.45) is 1.64. The molecule has 2 unspecified atom stereocenters. The van der Waals surface area contributed by atoms with Crippen molar-refractivity contribution in [1.29, 1.82) is 0 Å². The molecule has 2 aromatic rings. The summed E-state index contributed by atoms with van der Waals surface area (Å²) in [6, 6.07) is 11.4. The van der Waals surface area contributed by atoms with Gasteiger partial charge in [0.05, 0.1) is 4.90 Å². The molecule has 1 aliphatic heterocycles. The molecular weight excluding hydrogens is 364 g/mol. The lowest BCUT2D eigenvalue weighted by atomic mass is 10.0. The van der Waals surface area contributed by atoms with Crippen molar-refractivity contribution in [2.75, 3.05) is 6.54 Å². The van der Waals surface area contributed by atoms with E-state index in [1.54, 1.807) is 12.1 Å². The van der Waals surface area contributed by atoms with Gasteiger partial charge in [0, 0.05) is 16.6 Å². The monoisotopic (exact) mass is 382 g/mol. The second kappa shape index (κ2) is 6.28. The Morgan fingerprint density at radius 2 is 1.91 bits per heavy atom. The highest BCUT2D eigenvalue weighted by molar-refractivity contribution is 9.10. The van der Waals surface area contributed by atoms with Crippen molar-refractivity contribution in [2.24, 2.45) is 0 Å². The molecule has 4 nitrogen and oxygen atoms in total. The summed E-state index contributed by atoms with van der Waals surface area (Å²) in [6.45, 7) is 2.93. The molecule has 1 fully saturated rings. The Morgan fingerprint density at radius 1 is 1.18 bits per heavy atom. The highest BCUT2D eigenvalue weighted by Gasteiger charge is 2.24. The first-order chi connectivity index (χ1) is 10.4. The maximum absolute atomic E-state index is 12.6. The third-order valence-electron chi connectivity index (χ3n) is 4.03. The lowest BCUT2D eigenvalue weighted by Crippen LogP contribution is -2.46. The van der Waals surface area contributed by atoms with E-state index in [2.05, 4.69) is 32.9 Å². The summed E-state index contributed by atoms with van der Waals surface area (Å²) in [7, 11) is -3.47. The zero-order valence-electron chi connectivity index (χ0n) is 12.3. The van der Waals surface area contributed by atoms with Crippen molar-refractivity contribution in [3.8, 4) is 0 Å². The fraction of sp³-hybridized carbons (Fsp3) is 0.375. The predicted octanol–water partition coefficient (Wildman–Crippen LogP) is 3.02. The van der Waals surface area contributed by atoms with Crippen LogP contribution >= 0.6 is 15.9 Å². The van der Waals surface area contributed by atoms with Crippen molar-refractivity contribution in [3.05, 3.63) is 40.9 Å². The van der Waals surface area contributed by atoms with Gasteiger partial charge in [-0.25, -0.2) is 13.1 Å². The Kier molecular flexibility index (Phi) is 4.54. The maximum Gasteiger partial charge on any atom is 0.240 e. The Hall–Kier alpha value is -0.950. The van der Waals surface area contributed by atoms with Crippen LogP contribution in [0.4, 0.5) is 0 Å². The molecule has 0 radical (unpaired) electrons. The van der Waals surface area contributed by atoms with E-state index in [-0.39, 0.29) is 6.04 Å². The number of benzene rings is 2. The average Bonchev–Trinajstić information content (AvgIpc) is 2.46. The predicted molar refractivity (Wildman–Crippen MR) is 92.5 cm³/mol. The van der Waals surface area contributed by atoms with Gasteiger partial charge in [-0.2, -0.15) is 0 Å². The molecule has 6 heteroatoms. The van der Waals surface area contributed by atoms with Crippen LogP contribution in [0.5, 0.6) is 0 Å². The van der Waals surface area contributed by atoms with Crippen LogP contribution < -0.4 is 10.0 Å². The standard InChI is InChI=1S/C16H19BrN2O2S/c1-11-8-15(6-7-18-11)19-22(20,21)16-5-3-12-9-14(17)4-2-13(12)10-16/h2-5,9-11,15,18-19H,6-8H2,1H3. The minimum absolute atomic E-state index is 0.00173. The first-order valence-electron chi connectivity index (χ1n) is 7.39. The minimum Gasteiger partial charge on any atom is -0.314 e. The van der Waals surface area contributed by atoms with Gasteiger partial charge >= 0.3 is 0 Å². The van der Waals surface area contributed by atoms with Crippen molar-refractivity contribution in [1.82, 2.24) is 10.0 Å². The van der Waals surface area contributed by atoms with Gasteiger partial charge < -0.3 is 5.32 Å². The summed E-state index contributed by atoms with van der Waals surface area (Å²) in [5.41, 5.74) is 0. The summed E-state index contributed by atoms with van der Waals surface area (Å²) < 4.78 is 29.0. The molecule has 1 saturated heterocycles. The van der Waals surface area contributed by atoms with Crippen LogP contribution in [0.25, 0.3) is 10.8 Å². The maximum atomic E-state index is 12.6. The molecule has 1 aliphatic rings. The van der Waals surface area contributed by atoms with Gasteiger partial charge in [0.15, 0.2) is 0 Å². The van der Waals surface area contributed by atoms with E-state index >= 15 is 0 Å². The van der Waals surface area contributed by atoms with Gasteiger partial charge in [-0.1, -0.05) is 28.1 Å². The molecular formula is C16H19BrN2O2S. The Balaban J connectivity index is 1.86. The number of hydrogen-bond donors (Lipinski definition) is 2. The second-order valence-electron chi connectivity index (χ2n) is 5.85. The van der Waals surface area contributed by atoms with Crippen molar-refractivity contribution < 1.29 is 8.42 Å². The second-order valence-corrected chi connectivity index (χ2v) is 8.48. The molecule has 2 aromatic carbocycles. The molecule has 0 saturated carbocycles. The van der Waals surface area contributed by atoms with Crippen LogP contribution in [0, 0.1) is 0 Å². The summed E-state index contributed by atoms with van der Waals surface area (Å²) in [5, 5.41) is 5.27. The van der Waals surface area contributed by atoms with Crippen LogP contribution in [0.1, 0.15) is 19.8 Å². The van der Waals surface area contributed by atoms with Crippen LogP contribution in [0.15, 0.2) is 45.8 Å². The topological polar surface area (TPSA) is 58.2 Å². The first-order valence-corrected chi connectivity index (χ1v) is 9.67. The van der Waals surface area contributed by atoms with E-state index in [1.165, 1.54) is 0 Å². The third-order valence-corrected chi connectivity index (χ3v) is 6.04. The molecule has 22 heavy (non-hydrogen) atoms. The van der Waals surface area contributed by atoms with Crippen LogP contribution in [0.3, 0.4) is 0 Å². The van der Waals surface area contributed by atoms with Crippen LogP contribution in [0.2, 0.25) is 0 Å². The van der Waals surface area contributed by atoms with E-state index in [0.29, 0.717) is 10.9 Å². The number of sulfonamides is 1. The number of nitrogens with one attached hydrogen (secondary N) is 2. The largest absolute Gasteiger partial charge is 0.314 e. The molecule has 0 spiro atoms. The van der Waals surface area contributed by atoms with Gasteiger partial charge in [0.1, 0.15) is 0 Å². The number of piperidine rings is 1. The first kappa shape index (κ1) is 15.9. The van der Waals surface area contributed by atoms with E-state index < -0.39 is 10.0 Å². The molecule has 2 N–H and O–H groups in total. The molecule has 0 aliphatic carbocycles. The van der Waals surface area contributed by atoms with Crippen molar-refractivity contribution in [2.45, 2.75) is 36.7 Å².